The standard InChI is InChI=1S/C19H18N2O4S/c1-5-25-10-6-11-9(2)8-19(3,4)21-14(11)12(7-10)13(17(21)23)15-16(22)20-18(24)26-15/h6-8H,5H2,1-4H3,(H,20,22,24). The first-order valence-corrected chi connectivity index (χ1v) is 9.19. The normalized spacial score (nSPS) is 23.2. The number of carbonyl (C=O) groups is 3. The Morgan fingerprint density at radius 2 is 1.88 bits per heavy atom. The van der Waals surface area contributed by atoms with Gasteiger partial charge in [0.1, 0.15) is 5.75 Å². The average molecular weight is 370 g/mol. The first-order valence-electron chi connectivity index (χ1n) is 8.37. The van der Waals surface area contributed by atoms with Gasteiger partial charge in [-0.3, -0.25) is 24.6 Å². The highest BCUT2D eigenvalue weighted by molar-refractivity contribution is 8.18. The van der Waals surface area contributed by atoms with E-state index in [-0.39, 0.29) is 16.4 Å². The molecule has 0 spiro atoms. The number of benzene rings is 1. The molecule has 3 amide bonds. The van der Waals surface area contributed by atoms with Crippen LogP contribution < -0.4 is 15.0 Å². The predicted molar refractivity (Wildman–Crippen MR) is 101 cm³/mol. The Balaban J connectivity index is 2.05. The molecule has 1 saturated heterocycles. The van der Waals surface area contributed by atoms with Crippen LogP contribution in [0.25, 0.3) is 11.1 Å². The van der Waals surface area contributed by atoms with Crippen LogP contribution in [0.5, 0.6) is 5.75 Å². The Labute approximate surface area is 155 Å². The van der Waals surface area contributed by atoms with E-state index < -0.39 is 16.7 Å². The molecule has 0 saturated carbocycles. The zero-order valence-corrected chi connectivity index (χ0v) is 15.7. The second-order valence-corrected chi connectivity index (χ2v) is 7.95. The first kappa shape index (κ1) is 16.9. The molecule has 1 aromatic carbocycles. The molecule has 26 heavy (non-hydrogen) atoms. The topological polar surface area (TPSA) is 75.7 Å². The second-order valence-electron chi connectivity index (χ2n) is 6.97. The number of hydrogen-bond acceptors (Lipinski definition) is 5. The number of nitrogens with zero attached hydrogens (tertiary/aromatic N) is 1. The van der Waals surface area contributed by atoms with Gasteiger partial charge in [0.2, 0.25) is 0 Å². The molecule has 1 N–H and O–H groups in total. The SMILES string of the molecule is CCOc1cc2c3c(c1)C(=C1SC(=O)NC1=O)C(=O)N3C(C)(C)C=C2C. The van der Waals surface area contributed by atoms with Gasteiger partial charge in [-0.25, -0.2) is 0 Å². The number of thioether (sulfide) groups is 1. The molecule has 134 valence electrons. The molecule has 3 aliphatic rings. The number of ether oxygens (including phenoxy) is 1. The maximum atomic E-state index is 13.3. The summed E-state index contributed by atoms with van der Waals surface area (Å²) < 4.78 is 5.67. The van der Waals surface area contributed by atoms with Crippen molar-refractivity contribution in [3.63, 3.8) is 0 Å². The highest BCUT2D eigenvalue weighted by Crippen LogP contribution is 2.52. The molecule has 4 rings (SSSR count). The van der Waals surface area contributed by atoms with Gasteiger partial charge in [-0.15, -0.1) is 0 Å². The number of rotatable bonds is 2. The minimum absolute atomic E-state index is 0.152. The maximum absolute atomic E-state index is 13.3. The molecule has 3 aliphatic heterocycles. The Morgan fingerprint density at radius 3 is 2.50 bits per heavy atom. The van der Waals surface area contributed by atoms with E-state index in [2.05, 4.69) is 5.32 Å². The van der Waals surface area contributed by atoms with Crippen molar-refractivity contribution in [1.29, 1.82) is 0 Å². The van der Waals surface area contributed by atoms with Gasteiger partial charge in [-0.05, 0) is 57.2 Å². The summed E-state index contributed by atoms with van der Waals surface area (Å²) in [7, 11) is 0. The summed E-state index contributed by atoms with van der Waals surface area (Å²) in [5.41, 5.74) is 3.10. The lowest BCUT2D eigenvalue weighted by atomic mass is 9.89. The minimum Gasteiger partial charge on any atom is -0.494 e. The van der Waals surface area contributed by atoms with E-state index in [1.807, 2.05) is 39.8 Å². The third-order valence-corrected chi connectivity index (χ3v) is 5.60. The molecule has 0 atom stereocenters. The lowest BCUT2D eigenvalue weighted by Gasteiger charge is -2.38. The summed E-state index contributed by atoms with van der Waals surface area (Å²) in [4.78, 5) is 39.1. The van der Waals surface area contributed by atoms with E-state index in [1.54, 1.807) is 11.0 Å². The van der Waals surface area contributed by atoms with E-state index >= 15 is 0 Å². The fourth-order valence-corrected chi connectivity index (χ4v) is 4.61. The number of nitrogens with one attached hydrogen (secondary N) is 1. The van der Waals surface area contributed by atoms with Gasteiger partial charge in [-0.1, -0.05) is 6.08 Å². The van der Waals surface area contributed by atoms with E-state index in [0.29, 0.717) is 17.9 Å². The first-order chi connectivity index (χ1) is 12.2. The van der Waals surface area contributed by atoms with Crippen LogP contribution in [-0.4, -0.2) is 29.2 Å². The highest BCUT2D eigenvalue weighted by Gasteiger charge is 2.47. The van der Waals surface area contributed by atoms with Crippen LogP contribution in [-0.2, 0) is 9.59 Å². The predicted octanol–water partition coefficient (Wildman–Crippen LogP) is 3.32. The molecular weight excluding hydrogens is 352 g/mol. The van der Waals surface area contributed by atoms with Gasteiger partial charge in [0, 0.05) is 11.1 Å². The fourth-order valence-electron chi connectivity index (χ4n) is 3.84. The summed E-state index contributed by atoms with van der Waals surface area (Å²) in [6.07, 6.45) is 2.04. The highest BCUT2D eigenvalue weighted by atomic mass is 32.2. The lowest BCUT2D eigenvalue weighted by molar-refractivity contribution is -0.116. The molecular formula is C19H18N2O4S. The minimum atomic E-state index is -0.540. The van der Waals surface area contributed by atoms with Crippen LogP contribution in [0.4, 0.5) is 10.5 Å². The van der Waals surface area contributed by atoms with Crippen LogP contribution >= 0.6 is 11.8 Å². The lowest BCUT2D eigenvalue weighted by Crippen LogP contribution is -2.46. The molecule has 7 heteroatoms. The smallest absolute Gasteiger partial charge is 0.290 e. The molecule has 3 heterocycles. The molecule has 0 aromatic heterocycles. The zero-order chi connectivity index (χ0) is 18.8. The van der Waals surface area contributed by atoms with E-state index in [9.17, 15) is 14.4 Å². The number of allylic oxidation sites excluding steroid dienone is 1. The van der Waals surface area contributed by atoms with Crippen LogP contribution in [0.2, 0.25) is 0 Å². The van der Waals surface area contributed by atoms with Crippen molar-refractivity contribution >= 4 is 45.6 Å². The molecule has 0 unspecified atom stereocenters. The molecule has 0 bridgehead atoms. The van der Waals surface area contributed by atoms with Crippen LogP contribution in [0.15, 0.2) is 23.1 Å². The Kier molecular flexibility index (Phi) is 3.56. The van der Waals surface area contributed by atoms with Crippen molar-refractivity contribution in [2.75, 3.05) is 11.5 Å². The summed E-state index contributed by atoms with van der Waals surface area (Å²) in [5.74, 6) is -0.159. The molecule has 1 fully saturated rings. The second kappa shape index (κ2) is 5.48. The third-order valence-electron chi connectivity index (χ3n) is 4.72. The van der Waals surface area contributed by atoms with Gasteiger partial charge in [0.15, 0.2) is 0 Å². The van der Waals surface area contributed by atoms with Gasteiger partial charge in [0.05, 0.1) is 28.3 Å². The fraction of sp³-hybridized carbons (Fsp3) is 0.316. The van der Waals surface area contributed by atoms with Crippen molar-refractivity contribution in [2.24, 2.45) is 0 Å². The quantitative estimate of drug-likeness (QED) is 0.808. The van der Waals surface area contributed by atoms with E-state index in [0.717, 1.165) is 28.6 Å². The van der Waals surface area contributed by atoms with Gasteiger partial charge >= 0.3 is 0 Å². The van der Waals surface area contributed by atoms with Crippen molar-refractivity contribution < 1.29 is 19.1 Å². The molecule has 1 aromatic rings. The summed E-state index contributed by atoms with van der Waals surface area (Å²) in [6, 6.07) is 3.71. The van der Waals surface area contributed by atoms with Crippen molar-refractivity contribution in [2.45, 2.75) is 33.2 Å². The van der Waals surface area contributed by atoms with Crippen LogP contribution in [0.3, 0.4) is 0 Å². The molecule has 6 nitrogen and oxygen atoms in total. The Hall–Kier alpha value is -2.54. The Morgan fingerprint density at radius 1 is 1.19 bits per heavy atom. The molecule has 0 aliphatic carbocycles. The number of amides is 3. The number of hydrogen-bond donors (Lipinski definition) is 1. The number of imide groups is 1. The van der Waals surface area contributed by atoms with Crippen LogP contribution in [0.1, 0.15) is 38.8 Å². The Bertz CT molecular complexity index is 959. The summed E-state index contributed by atoms with van der Waals surface area (Å²) in [6.45, 7) is 8.29. The van der Waals surface area contributed by atoms with Gasteiger partial charge in [0.25, 0.3) is 17.1 Å². The average Bonchev–Trinajstić information content (AvgIpc) is 3.01. The maximum Gasteiger partial charge on any atom is 0.290 e. The zero-order valence-electron chi connectivity index (χ0n) is 14.9. The van der Waals surface area contributed by atoms with Crippen LogP contribution in [0, 0.1) is 0 Å². The van der Waals surface area contributed by atoms with Crippen molar-refractivity contribution in [3.8, 4) is 5.75 Å². The number of anilines is 1. The molecule has 0 radical (unpaired) electrons. The van der Waals surface area contributed by atoms with Crippen molar-refractivity contribution in [3.05, 3.63) is 34.2 Å². The number of carbonyl (C=O) groups excluding carboxylic acids is 3. The van der Waals surface area contributed by atoms with Gasteiger partial charge < -0.3 is 4.74 Å². The van der Waals surface area contributed by atoms with E-state index in [1.165, 1.54) is 0 Å². The van der Waals surface area contributed by atoms with Gasteiger partial charge in [-0.2, -0.15) is 0 Å². The monoisotopic (exact) mass is 370 g/mol. The third kappa shape index (κ3) is 2.23. The summed E-state index contributed by atoms with van der Waals surface area (Å²) in [5, 5.41) is 1.78. The van der Waals surface area contributed by atoms with Crippen molar-refractivity contribution in [1.82, 2.24) is 5.32 Å². The summed E-state index contributed by atoms with van der Waals surface area (Å²) >= 11 is 0.772. The van der Waals surface area contributed by atoms with E-state index in [4.69, 9.17) is 4.74 Å². The largest absolute Gasteiger partial charge is 0.494 e.